The van der Waals surface area contributed by atoms with Gasteiger partial charge in [-0.15, -0.1) is 0 Å². The number of nitrogens with one attached hydrogen (secondary N) is 1. The fourth-order valence-electron chi connectivity index (χ4n) is 1.82. The molecule has 0 aromatic heterocycles. The third-order valence-electron chi connectivity index (χ3n) is 2.82. The molecule has 5 nitrogen and oxygen atoms in total. The van der Waals surface area contributed by atoms with Gasteiger partial charge in [-0.2, -0.15) is 0 Å². The van der Waals surface area contributed by atoms with E-state index in [0.717, 1.165) is 44.2 Å². The van der Waals surface area contributed by atoms with Crippen LogP contribution < -0.4 is 15.9 Å². The van der Waals surface area contributed by atoms with E-state index in [1.54, 1.807) is 0 Å². The molecule has 18 heavy (non-hydrogen) atoms. The molecule has 1 heterocycles. The molecule has 100 valence electrons. The van der Waals surface area contributed by atoms with E-state index in [-0.39, 0.29) is 0 Å². The van der Waals surface area contributed by atoms with Crippen molar-refractivity contribution >= 4 is 11.4 Å². The molecule has 0 bridgehead atoms. The predicted octanol–water partition coefficient (Wildman–Crippen LogP) is 1.72. The van der Waals surface area contributed by atoms with Gasteiger partial charge in [0.15, 0.2) is 0 Å². The zero-order chi connectivity index (χ0) is 12.8. The summed E-state index contributed by atoms with van der Waals surface area (Å²) in [6, 6.07) is 5.81. The summed E-state index contributed by atoms with van der Waals surface area (Å²) in [5.41, 5.74) is 11.0. The van der Waals surface area contributed by atoms with Crippen molar-refractivity contribution < 1.29 is 9.47 Å². The Kier molecular flexibility index (Phi) is 4.66. The fraction of sp³-hybridized carbons (Fsp3) is 0.538. The minimum absolute atomic E-state index is 0.664. The van der Waals surface area contributed by atoms with Crippen LogP contribution >= 0.6 is 0 Å². The van der Waals surface area contributed by atoms with Crippen molar-refractivity contribution in [2.45, 2.75) is 13.3 Å². The Morgan fingerprint density at radius 1 is 1.39 bits per heavy atom. The first-order valence-electron chi connectivity index (χ1n) is 6.42. The van der Waals surface area contributed by atoms with Crippen LogP contribution in [-0.2, 0) is 4.74 Å². The van der Waals surface area contributed by atoms with Gasteiger partial charge in [0.05, 0.1) is 31.2 Å². The molecule has 0 saturated carbocycles. The molecule has 0 spiro atoms. The monoisotopic (exact) mass is 251 g/mol. The minimum Gasteiger partial charge on any atom is -0.491 e. The molecular weight excluding hydrogens is 230 g/mol. The topological polar surface area (TPSA) is 59.8 Å². The molecule has 1 aliphatic heterocycles. The van der Waals surface area contributed by atoms with Crippen LogP contribution in [0, 0.1) is 0 Å². The summed E-state index contributed by atoms with van der Waals surface area (Å²) in [6.07, 6.45) is 0.973. The minimum atomic E-state index is 0.664. The number of hydrazine groups is 1. The molecule has 0 unspecified atom stereocenters. The van der Waals surface area contributed by atoms with Crippen molar-refractivity contribution in [2.24, 2.45) is 0 Å². The zero-order valence-corrected chi connectivity index (χ0v) is 10.8. The summed E-state index contributed by atoms with van der Waals surface area (Å²) >= 11 is 0. The van der Waals surface area contributed by atoms with Crippen LogP contribution in [0.5, 0.6) is 5.75 Å². The van der Waals surface area contributed by atoms with E-state index in [1.165, 1.54) is 0 Å². The second-order valence-corrected chi connectivity index (χ2v) is 4.28. The summed E-state index contributed by atoms with van der Waals surface area (Å²) in [7, 11) is 0. The van der Waals surface area contributed by atoms with Crippen molar-refractivity contribution in [2.75, 3.05) is 44.1 Å². The Morgan fingerprint density at radius 2 is 2.17 bits per heavy atom. The Bertz CT molecular complexity index is 378. The van der Waals surface area contributed by atoms with Crippen LogP contribution in [0.3, 0.4) is 0 Å². The summed E-state index contributed by atoms with van der Waals surface area (Å²) in [5, 5.41) is 2.11. The largest absolute Gasteiger partial charge is 0.491 e. The molecule has 0 amide bonds. The Morgan fingerprint density at radius 3 is 2.89 bits per heavy atom. The number of rotatable bonds is 5. The molecule has 3 N–H and O–H groups in total. The van der Waals surface area contributed by atoms with Gasteiger partial charge in [0.2, 0.25) is 0 Å². The van der Waals surface area contributed by atoms with Gasteiger partial charge in [0, 0.05) is 13.1 Å². The van der Waals surface area contributed by atoms with Crippen molar-refractivity contribution in [3.8, 4) is 5.75 Å². The number of nitrogens with two attached hydrogens (primary N) is 1. The maximum Gasteiger partial charge on any atom is 0.144 e. The summed E-state index contributed by atoms with van der Waals surface area (Å²) in [5.74, 6) is 0.745. The second kappa shape index (κ2) is 6.47. The lowest BCUT2D eigenvalue weighted by atomic mass is 10.2. The number of benzene rings is 1. The Labute approximate surface area is 108 Å². The zero-order valence-electron chi connectivity index (χ0n) is 10.8. The smallest absolute Gasteiger partial charge is 0.144 e. The van der Waals surface area contributed by atoms with Crippen LogP contribution in [0.15, 0.2) is 18.2 Å². The number of nitrogens with zero attached hydrogens (tertiary/aromatic N) is 1. The van der Waals surface area contributed by atoms with Gasteiger partial charge in [0.25, 0.3) is 0 Å². The molecule has 1 aromatic carbocycles. The maximum absolute atomic E-state index is 6.10. The maximum atomic E-state index is 6.10. The van der Waals surface area contributed by atoms with Crippen LogP contribution in [0.2, 0.25) is 0 Å². The highest BCUT2D eigenvalue weighted by Crippen LogP contribution is 2.29. The quantitative estimate of drug-likeness (QED) is 0.780. The van der Waals surface area contributed by atoms with Crippen LogP contribution in [0.25, 0.3) is 0 Å². The number of para-hydroxylation sites is 1. The van der Waals surface area contributed by atoms with E-state index < -0.39 is 0 Å². The Balaban J connectivity index is 2.02. The van der Waals surface area contributed by atoms with E-state index in [0.29, 0.717) is 12.3 Å². The SMILES string of the molecule is CCCOc1cccc(NN2CCOCC2)c1N. The molecule has 0 radical (unpaired) electrons. The first kappa shape index (κ1) is 13.0. The third-order valence-corrected chi connectivity index (χ3v) is 2.82. The fourth-order valence-corrected chi connectivity index (χ4v) is 1.82. The summed E-state index contributed by atoms with van der Waals surface area (Å²) in [6.45, 7) is 5.98. The number of nitrogen functional groups attached to an aromatic ring is 1. The number of ether oxygens (including phenoxy) is 2. The molecule has 1 fully saturated rings. The average Bonchev–Trinajstić information content (AvgIpc) is 2.41. The van der Waals surface area contributed by atoms with E-state index in [2.05, 4.69) is 17.4 Å². The predicted molar refractivity (Wildman–Crippen MR) is 72.7 cm³/mol. The van der Waals surface area contributed by atoms with Crippen LogP contribution in [0.4, 0.5) is 11.4 Å². The standard InChI is InChI=1S/C13H21N3O2/c1-2-8-18-12-5-3-4-11(13(12)14)15-16-6-9-17-10-7-16/h3-5,15H,2,6-10,14H2,1H3. The summed E-state index contributed by atoms with van der Waals surface area (Å²) in [4.78, 5) is 0. The van der Waals surface area contributed by atoms with Crippen LogP contribution in [0.1, 0.15) is 13.3 Å². The lowest BCUT2D eigenvalue weighted by Crippen LogP contribution is -2.40. The van der Waals surface area contributed by atoms with Crippen molar-refractivity contribution in [1.29, 1.82) is 0 Å². The number of hydrogen-bond acceptors (Lipinski definition) is 5. The van der Waals surface area contributed by atoms with Gasteiger partial charge >= 0.3 is 0 Å². The van der Waals surface area contributed by atoms with E-state index in [9.17, 15) is 0 Å². The van der Waals surface area contributed by atoms with E-state index in [4.69, 9.17) is 15.2 Å². The Hall–Kier alpha value is -1.46. The van der Waals surface area contributed by atoms with Crippen molar-refractivity contribution in [1.82, 2.24) is 5.01 Å². The van der Waals surface area contributed by atoms with Gasteiger partial charge in [-0.3, -0.25) is 0 Å². The molecule has 1 saturated heterocycles. The normalized spacial score (nSPS) is 16.5. The molecule has 2 rings (SSSR count). The second-order valence-electron chi connectivity index (χ2n) is 4.28. The summed E-state index contributed by atoms with van der Waals surface area (Å²) < 4.78 is 10.9. The number of morpholine rings is 1. The van der Waals surface area contributed by atoms with E-state index in [1.807, 2.05) is 18.2 Å². The lowest BCUT2D eigenvalue weighted by molar-refractivity contribution is 0.0497. The highest BCUT2D eigenvalue weighted by atomic mass is 16.5. The van der Waals surface area contributed by atoms with Crippen molar-refractivity contribution in [3.63, 3.8) is 0 Å². The number of hydrogen-bond donors (Lipinski definition) is 2. The first-order chi connectivity index (χ1) is 8.81. The van der Waals surface area contributed by atoms with Gasteiger partial charge < -0.3 is 20.6 Å². The molecule has 1 aromatic rings. The number of anilines is 2. The highest BCUT2D eigenvalue weighted by Gasteiger charge is 2.12. The molecular formula is C13H21N3O2. The molecule has 0 atom stereocenters. The van der Waals surface area contributed by atoms with Gasteiger partial charge in [-0.25, -0.2) is 5.01 Å². The molecule has 5 heteroatoms. The van der Waals surface area contributed by atoms with E-state index >= 15 is 0 Å². The van der Waals surface area contributed by atoms with Crippen molar-refractivity contribution in [3.05, 3.63) is 18.2 Å². The lowest BCUT2D eigenvalue weighted by Gasteiger charge is -2.28. The molecule has 0 aliphatic carbocycles. The van der Waals surface area contributed by atoms with Gasteiger partial charge in [-0.05, 0) is 18.6 Å². The average molecular weight is 251 g/mol. The van der Waals surface area contributed by atoms with Gasteiger partial charge in [0.1, 0.15) is 5.75 Å². The van der Waals surface area contributed by atoms with Crippen LogP contribution in [-0.4, -0.2) is 37.9 Å². The first-order valence-corrected chi connectivity index (χ1v) is 6.42. The highest BCUT2D eigenvalue weighted by molar-refractivity contribution is 5.72. The molecule has 1 aliphatic rings. The third kappa shape index (κ3) is 3.27. The van der Waals surface area contributed by atoms with Gasteiger partial charge in [-0.1, -0.05) is 13.0 Å².